The lowest BCUT2D eigenvalue weighted by Gasteiger charge is -2.26. The second-order valence-corrected chi connectivity index (χ2v) is 8.83. The molecule has 0 radical (unpaired) electrons. The van der Waals surface area contributed by atoms with E-state index in [1.807, 2.05) is 0 Å². The van der Waals surface area contributed by atoms with Crippen LogP contribution in [0.5, 0.6) is 5.75 Å². The molecule has 0 saturated heterocycles. The van der Waals surface area contributed by atoms with E-state index in [0.29, 0.717) is 34.1 Å². The Labute approximate surface area is 193 Å². The van der Waals surface area contributed by atoms with Gasteiger partial charge in [-0.2, -0.15) is 0 Å². The summed E-state index contributed by atoms with van der Waals surface area (Å²) in [6.45, 7) is 5.09. The maximum Gasteiger partial charge on any atom is 0.330 e. The molecule has 0 spiro atoms. The first-order chi connectivity index (χ1) is 15.7. The molecular formula is C23H28N2O7S. The van der Waals surface area contributed by atoms with E-state index >= 15 is 0 Å². The van der Waals surface area contributed by atoms with Gasteiger partial charge >= 0.3 is 11.9 Å². The molecule has 9 nitrogen and oxygen atoms in total. The molecule has 0 aliphatic rings. The van der Waals surface area contributed by atoms with Crippen molar-refractivity contribution in [2.24, 2.45) is 5.84 Å². The normalized spacial score (nSPS) is 12.1. The van der Waals surface area contributed by atoms with Gasteiger partial charge in [0.1, 0.15) is 5.75 Å². The summed E-state index contributed by atoms with van der Waals surface area (Å²) in [5.41, 5.74) is 0.809. The standard InChI is InChI=1S/C23H28N2O7S/c1-4-21(26)31-15-7-8-16-32-23(27)22(18-11-13-19(30-3)14-12-18)25(24)33(28,29)20-10-6-5-9-17(20)2/h4-6,9-14,22H,1,7-8,15-16,24H2,2-3H3. The fraction of sp³-hybridized carbons (Fsp3) is 0.304. The van der Waals surface area contributed by atoms with Crippen LogP contribution in [0.2, 0.25) is 0 Å². The molecule has 178 valence electrons. The summed E-state index contributed by atoms with van der Waals surface area (Å²) in [6.07, 6.45) is 1.92. The maximum absolute atomic E-state index is 13.2. The van der Waals surface area contributed by atoms with Crippen molar-refractivity contribution in [2.45, 2.75) is 30.7 Å². The average Bonchev–Trinajstić information content (AvgIpc) is 2.81. The monoisotopic (exact) mass is 476 g/mol. The smallest absolute Gasteiger partial charge is 0.330 e. The Balaban J connectivity index is 2.21. The first kappa shape index (κ1) is 26.0. The third kappa shape index (κ3) is 6.88. The Morgan fingerprint density at radius 2 is 1.67 bits per heavy atom. The number of nitrogens with two attached hydrogens (primary N) is 1. The summed E-state index contributed by atoms with van der Waals surface area (Å²) in [6, 6.07) is 11.2. The van der Waals surface area contributed by atoms with Crippen molar-refractivity contribution in [3.63, 3.8) is 0 Å². The lowest BCUT2D eigenvalue weighted by molar-refractivity contribution is -0.149. The fourth-order valence-corrected chi connectivity index (χ4v) is 4.40. The predicted molar refractivity (Wildman–Crippen MR) is 121 cm³/mol. The van der Waals surface area contributed by atoms with Crippen LogP contribution >= 0.6 is 0 Å². The van der Waals surface area contributed by atoms with Crippen LogP contribution in [0.1, 0.15) is 30.0 Å². The third-order valence-electron chi connectivity index (χ3n) is 4.75. The number of benzene rings is 2. The molecule has 33 heavy (non-hydrogen) atoms. The van der Waals surface area contributed by atoms with E-state index in [1.165, 1.54) is 13.2 Å². The molecule has 0 saturated carbocycles. The number of hydrogen-bond acceptors (Lipinski definition) is 8. The molecule has 0 aromatic heterocycles. The van der Waals surface area contributed by atoms with Crippen molar-refractivity contribution in [3.8, 4) is 5.75 Å². The SMILES string of the molecule is C=CC(=O)OCCCCOC(=O)C(c1ccc(OC)cc1)N(N)S(=O)(=O)c1ccccc1C. The summed E-state index contributed by atoms with van der Waals surface area (Å²) >= 11 is 0. The van der Waals surface area contributed by atoms with E-state index in [-0.39, 0.29) is 18.1 Å². The topological polar surface area (TPSA) is 125 Å². The lowest BCUT2D eigenvalue weighted by atomic mass is 10.1. The molecule has 0 fully saturated rings. The van der Waals surface area contributed by atoms with Gasteiger partial charge in [0, 0.05) is 6.08 Å². The zero-order chi connectivity index (χ0) is 24.4. The van der Waals surface area contributed by atoms with Gasteiger partial charge in [0.25, 0.3) is 10.0 Å². The summed E-state index contributed by atoms with van der Waals surface area (Å²) < 4.78 is 42.3. The number of aryl methyl sites for hydroxylation is 1. The summed E-state index contributed by atoms with van der Waals surface area (Å²) in [7, 11) is -2.73. The van der Waals surface area contributed by atoms with E-state index in [9.17, 15) is 18.0 Å². The highest BCUT2D eigenvalue weighted by molar-refractivity contribution is 7.89. The summed E-state index contributed by atoms with van der Waals surface area (Å²) in [5.74, 6) is 5.21. The van der Waals surface area contributed by atoms with Crippen molar-refractivity contribution in [1.82, 2.24) is 4.41 Å². The van der Waals surface area contributed by atoms with Crippen molar-refractivity contribution in [2.75, 3.05) is 20.3 Å². The molecule has 1 unspecified atom stereocenters. The lowest BCUT2D eigenvalue weighted by Crippen LogP contribution is -2.44. The van der Waals surface area contributed by atoms with Gasteiger partial charge in [0.15, 0.2) is 6.04 Å². The minimum absolute atomic E-state index is 0.00458. The quantitative estimate of drug-likeness (QED) is 0.163. The van der Waals surface area contributed by atoms with Crippen LogP contribution < -0.4 is 10.6 Å². The van der Waals surface area contributed by atoms with Crippen molar-refractivity contribution < 1.29 is 32.2 Å². The van der Waals surface area contributed by atoms with Crippen LogP contribution in [0, 0.1) is 6.92 Å². The zero-order valence-electron chi connectivity index (χ0n) is 18.6. The fourth-order valence-electron chi connectivity index (χ4n) is 2.96. The van der Waals surface area contributed by atoms with Crippen molar-refractivity contribution in [1.29, 1.82) is 0 Å². The van der Waals surface area contributed by atoms with Gasteiger partial charge in [-0.3, -0.25) is 5.84 Å². The number of hydrazine groups is 1. The van der Waals surface area contributed by atoms with Crippen LogP contribution in [0.3, 0.4) is 0 Å². The van der Waals surface area contributed by atoms with Crippen molar-refractivity contribution >= 4 is 22.0 Å². The summed E-state index contributed by atoms with van der Waals surface area (Å²) in [4.78, 5) is 24.0. The van der Waals surface area contributed by atoms with E-state index in [2.05, 4.69) is 6.58 Å². The average molecular weight is 477 g/mol. The largest absolute Gasteiger partial charge is 0.497 e. The molecule has 2 rings (SSSR count). The van der Waals surface area contributed by atoms with Gasteiger partial charge in [0.2, 0.25) is 0 Å². The minimum atomic E-state index is -4.22. The van der Waals surface area contributed by atoms with Gasteiger partial charge in [-0.1, -0.05) is 36.9 Å². The van der Waals surface area contributed by atoms with Gasteiger partial charge < -0.3 is 14.2 Å². The number of carbonyl (C=O) groups is 2. The number of methoxy groups -OCH3 is 1. The Morgan fingerprint density at radius 1 is 1.06 bits per heavy atom. The molecule has 0 aliphatic heterocycles. The number of unbranched alkanes of at least 4 members (excludes halogenated alkanes) is 1. The van der Waals surface area contributed by atoms with Crippen molar-refractivity contribution in [3.05, 3.63) is 72.3 Å². The van der Waals surface area contributed by atoms with Gasteiger partial charge in [-0.05, 0) is 49.1 Å². The van der Waals surface area contributed by atoms with E-state index < -0.39 is 28.0 Å². The second kappa shape index (κ2) is 12.1. The first-order valence-electron chi connectivity index (χ1n) is 10.2. The number of ether oxygens (including phenoxy) is 3. The predicted octanol–water partition coefficient (Wildman–Crippen LogP) is 2.66. The number of nitrogens with zero attached hydrogens (tertiary/aromatic N) is 1. The number of sulfonamides is 1. The van der Waals surface area contributed by atoms with Crippen LogP contribution in [0.4, 0.5) is 0 Å². The second-order valence-electron chi connectivity index (χ2n) is 7.02. The van der Waals surface area contributed by atoms with Gasteiger partial charge in [0.05, 0.1) is 25.2 Å². The van der Waals surface area contributed by atoms with Gasteiger partial charge in [-0.15, -0.1) is 4.41 Å². The molecule has 2 aromatic carbocycles. The Hall–Kier alpha value is -3.21. The Morgan fingerprint density at radius 3 is 2.24 bits per heavy atom. The van der Waals surface area contributed by atoms with Crippen LogP contribution in [-0.4, -0.2) is 45.1 Å². The van der Waals surface area contributed by atoms with Crippen LogP contribution in [0.15, 0.2) is 66.1 Å². The van der Waals surface area contributed by atoms with Crippen LogP contribution in [-0.2, 0) is 29.1 Å². The molecule has 0 aliphatic carbocycles. The molecule has 0 bridgehead atoms. The Kier molecular flexibility index (Phi) is 9.58. The van der Waals surface area contributed by atoms with E-state index in [4.69, 9.17) is 20.1 Å². The molecule has 0 amide bonds. The highest BCUT2D eigenvalue weighted by Crippen LogP contribution is 2.28. The highest BCUT2D eigenvalue weighted by atomic mass is 32.2. The van der Waals surface area contributed by atoms with E-state index in [1.54, 1.807) is 49.4 Å². The molecular weight excluding hydrogens is 448 g/mol. The van der Waals surface area contributed by atoms with Crippen LogP contribution in [0.25, 0.3) is 0 Å². The molecule has 10 heteroatoms. The number of esters is 2. The van der Waals surface area contributed by atoms with Gasteiger partial charge in [-0.25, -0.2) is 18.0 Å². The highest BCUT2D eigenvalue weighted by Gasteiger charge is 2.37. The third-order valence-corrected chi connectivity index (χ3v) is 6.53. The molecule has 2 aromatic rings. The summed E-state index contributed by atoms with van der Waals surface area (Å²) in [5, 5.41) is 0. The molecule has 2 N–H and O–H groups in total. The number of hydrogen-bond donors (Lipinski definition) is 1. The zero-order valence-corrected chi connectivity index (χ0v) is 19.4. The Bertz CT molecular complexity index is 1070. The molecule has 1 atom stereocenters. The minimum Gasteiger partial charge on any atom is -0.497 e. The first-order valence-corrected chi connectivity index (χ1v) is 11.6. The maximum atomic E-state index is 13.2. The number of carbonyl (C=O) groups excluding carboxylic acids is 2. The van der Waals surface area contributed by atoms with E-state index in [0.717, 1.165) is 6.08 Å². The molecule has 0 heterocycles. The number of rotatable bonds is 12.